The Labute approximate surface area is 86.1 Å². The molecular formula is C7H12N4S2. The highest BCUT2D eigenvalue weighted by atomic mass is 32.2. The van der Waals surface area contributed by atoms with E-state index in [1.54, 1.807) is 0 Å². The number of nitrogens with zero attached hydrogens (tertiary/aromatic N) is 3. The third kappa shape index (κ3) is 2.31. The average molecular weight is 216 g/mol. The molecule has 1 aromatic rings. The van der Waals surface area contributed by atoms with Crippen molar-refractivity contribution in [3.05, 3.63) is 4.77 Å². The molecule has 0 bridgehead atoms. The summed E-state index contributed by atoms with van der Waals surface area (Å²) in [6.45, 7) is 0.927. The minimum Gasteiger partial charge on any atom is -0.241 e. The number of H-pyrrole nitrogens is 1. The second kappa shape index (κ2) is 4.23. The lowest BCUT2D eigenvalue weighted by Gasteiger charge is -2.20. The molecule has 0 saturated carbocycles. The van der Waals surface area contributed by atoms with Gasteiger partial charge in [0, 0.05) is 5.25 Å². The summed E-state index contributed by atoms with van der Waals surface area (Å²) in [4.78, 5) is 0. The maximum Gasteiger partial charge on any atom is 0.238 e. The Morgan fingerprint density at radius 3 is 3.15 bits per heavy atom. The van der Waals surface area contributed by atoms with Crippen molar-refractivity contribution in [3.63, 3.8) is 0 Å². The van der Waals surface area contributed by atoms with Crippen LogP contribution in [0.25, 0.3) is 0 Å². The van der Waals surface area contributed by atoms with Crippen LogP contribution in [-0.2, 0) is 6.54 Å². The Morgan fingerprint density at radius 1 is 1.62 bits per heavy atom. The van der Waals surface area contributed by atoms with E-state index in [9.17, 15) is 0 Å². The molecule has 1 aliphatic rings. The lowest BCUT2D eigenvalue weighted by Crippen LogP contribution is -2.17. The van der Waals surface area contributed by atoms with E-state index in [4.69, 9.17) is 12.2 Å². The molecule has 1 unspecified atom stereocenters. The van der Waals surface area contributed by atoms with Gasteiger partial charge in [0.05, 0.1) is 6.54 Å². The number of aromatic amines is 1. The van der Waals surface area contributed by atoms with Gasteiger partial charge in [0.15, 0.2) is 0 Å². The van der Waals surface area contributed by atoms with Gasteiger partial charge in [-0.2, -0.15) is 17.0 Å². The zero-order chi connectivity index (χ0) is 9.10. The van der Waals surface area contributed by atoms with E-state index in [0.717, 1.165) is 6.54 Å². The van der Waals surface area contributed by atoms with Crippen LogP contribution in [0.5, 0.6) is 0 Å². The van der Waals surface area contributed by atoms with Crippen molar-refractivity contribution >= 4 is 24.0 Å². The molecule has 1 saturated heterocycles. The van der Waals surface area contributed by atoms with Crippen LogP contribution in [0.4, 0.5) is 0 Å². The molecule has 0 radical (unpaired) electrons. The van der Waals surface area contributed by atoms with Crippen LogP contribution in [0.3, 0.4) is 0 Å². The predicted molar refractivity (Wildman–Crippen MR) is 55.3 cm³/mol. The molecule has 1 N–H and O–H groups in total. The molecule has 72 valence electrons. The summed E-state index contributed by atoms with van der Waals surface area (Å²) >= 11 is 7.03. The van der Waals surface area contributed by atoms with Crippen molar-refractivity contribution in [3.8, 4) is 0 Å². The second-order valence-electron chi connectivity index (χ2n) is 3.18. The van der Waals surface area contributed by atoms with Gasteiger partial charge in [-0.3, -0.25) is 0 Å². The zero-order valence-electron chi connectivity index (χ0n) is 7.27. The first-order valence-corrected chi connectivity index (χ1v) is 5.91. The molecule has 2 heterocycles. The Kier molecular flexibility index (Phi) is 3.00. The molecule has 2 rings (SSSR count). The topological polar surface area (TPSA) is 46.5 Å². The summed E-state index contributed by atoms with van der Waals surface area (Å²) in [6.07, 6.45) is 3.98. The van der Waals surface area contributed by atoms with Gasteiger partial charge in [-0.15, -0.1) is 0 Å². The summed E-state index contributed by atoms with van der Waals surface area (Å²) in [5, 5.41) is 10.9. The van der Waals surface area contributed by atoms with Crippen LogP contribution in [0.1, 0.15) is 19.3 Å². The van der Waals surface area contributed by atoms with Gasteiger partial charge in [0.25, 0.3) is 0 Å². The number of hydrogen-bond acceptors (Lipinski definition) is 4. The van der Waals surface area contributed by atoms with E-state index in [0.29, 0.717) is 10.0 Å². The van der Waals surface area contributed by atoms with Crippen molar-refractivity contribution in [2.24, 2.45) is 0 Å². The number of nitrogens with one attached hydrogen (secondary N) is 1. The molecule has 0 aliphatic carbocycles. The van der Waals surface area contributed by atoms with Crippen LogP contribution < -0.4 is 0 Å². The first-order chi connectivity index (χ1) is 6.36. The maximum atomic E-state index is 5.00. The van der Waals surface area contributed by atoms with Crippen LogP contribution in [0, 0.1) is 4.77 Å². The second-order valence-corrected chi connectivity index (χ2v) is 4.96. The summed E-state index contributed by atoms with van der Waals surface area (Å²) in [5.74, 6) is 1.28. The number of hydrogen-bond donors (Lipinski definition) is 1. The Balaban J connectivity index is 1.97. The fourth-order valence-electron chi connectivity index (χ4n) is 1.49. The quantitative estimate of drug-likeness (QED) is 0.763. The number of rotatable bonds is 2. The van der Waals surface area contributed by atoms with Gasteiger partial charge in [0.2, 0.25) is 4.77 Å². The summed E-state index contributed by atoms with van der Waals surface area (Å²) < 4.78 is 2.41. The van der Waals surface area contributed by atoms with E-state index in [1.807, 2.05) is 16.4 Å². The zero-order valence-corrected chi connectivity index (χ0v) is 8.90. The molecule has 1 fully saturated rings. The summed E-state index contributed by atoms with van der Waals surface area (Å²) in [7, 11) is 0. The smallest absolute Gasteiger partial charge is 0.238 e. The Hall–Kier alpha value is -0.360. The lowest BCUT2D eigenvalue weighted by atomic mass is 10.2. The third-order valence-corrected chi connectivity index (χ3v) is 3.87. The molecule has 1 aliphatic heterocycles. The molecule has 0 amide bonds. The first-order valence-electron chi connectivity index (χ1n) is 4.46. The van der Waals surface area contributed by atoms with Crippen LogP contribution in [0.15, 0.2) is 0 Å². The first kappa shape index (κ1) is 9.21. The third-order valence-electron chi connectivity index (χ3n) is 2.19. The van der Waals surface area contributed by atoms with Crippen molar-refractivity contribution in [1.82, 2.24) is 20.2 Å². The van der Waals surface area contributed by atoms with Crippen molar-refractivity contribution in [2.75, 3.05) is 5.75 Å². The minimum atomic E-state index is 0.561. The van der Waals surface area contributed by atoms with E-state index in [-0.39, 0.29) is 0 Å². The van der Waals surface area contributed by atoms with E-state index >= 15 is 0 Å². The highest BCUT2D eigenvalue weighted by molar-refractivity contribution is 7.99. The number of tetrazole rings is 1. The Morgan fingerprint density at radius 2 is 2.54 bits per heavy atom. The normalized spacial score (nSPS) is 23.2. The molecule has 6 heteroatoms. The number of aromatic nitrogens is 4. The summed E-state index contributed by atoms with van der Waals surface area (Å²) in [6, 6.07) is 0. The lowest BCUT2D eigenvalue weighted by molar-refractivity contribution is 0.526. The molecular weight excluding hydrogens is 204 g/mol. The minimum absolute atomic E-state index is 0.561. The maximum absolute atomic E-state index is 5.00. The van der Waals surface area contributed by atoms with Gasteiger partial charge in [-0.25, -0.2) is 4.68 Å². The fraction of sp³-hybridized carbons (Fsp3) is 0.857. The van der Waals surface area contributed by atoms with Crippen LogP contribution in [-0.4, -0.2) is 31.2 Å². The Bertz CT molecular complexity index is 312. The molecule has 13 heavy (non-hydrogen) atoms. The standard InChI is InChI=1S/C7H12N4S2/c12-7-8-9-10-11(7)5-6-3-1-2-4-13-6/h6H,1-5H2,(H,8,10,12). The monoisotopic (exact) mass is 216 g/mol. The predicted octanol–water partition coefficient (Wildman–Crippen LogP) is 1.62. The number of thioether (sulfide) groups is 1. The highest BCUT2D eigenvalue weighted by Crippen LogP contribution is 2.25. The molecule has 0 aromatic carbocycles. The van der Waals surface area contributed by atoms with Crippen LogP contribution in [0.2, 0.25) is 0 Å². The van der Waals surface area contributed by atoms with Gasteiger partial charge >= 0.3 is 0 Å². The van der Waals surface area contributed by atoms with Gasteiger partial charge in [-0.1, -0.05) is 16.7 Å². The van der Waals surface area contributed by atoms with Crippen molar-refractivity contribution in [2.45, 2.75) is 31.1 Å². The van der Waals surface area contributed by atoms with Gasteiger partial charge < -0.3 is 0 Å². The summed E-state index contributed by atoms with van der Waals surface area (Å²) in [5.41, 5.74) is 0. The fourth-order valence-corrected chi connectivity index (χ4v) is 2.94. The highest BCUT2D eigenvalue weighted by Gasteiger charge is 2.14. The molecule has 1 aromatic heterocycles. The van der Waals surface area contributed by atoms with Crippen molar-refractivity contribution < 1.29 is 0 Å². The molecule has 4 nitrogen and oxygen atoms in total. The van der Waals surface area contributed by atoms with Crippen molar-refractivity contribution in [1.29, 1.82) is 0 Å². The van der Waals surface area contributed by atoms with E-state index in [2.05, 4.69) is 15.5 Å². The average Bonchev–Trinajstić information content (AvgIpc) is 2.54. The van der Waals surface area contributed by atoms with Gasteiger partial charge in [0.1, 0.15) is 0 Å². The van der Waals surface area contributed by atoms with Gasteiger partial charge in [-0.05, 0) is 30.8 Å². The van der Waals surface area contributed by atoms with E-state index < -0.39 is 0 Å². The van der Waals surface area contributed by atoms with E-state index in [1.165, 1.54) is 25.0 Å². The molecule has 1 atom stereocenters. The largest absolute Gasteiger partial charge is 0.241 e. The SMILES string of the molecule is S=c1nn[nH]n1CC1CCCCS1. The molecule has 0 spiro atoms. The van der Waals surface area contributed by atoms with Crippen LogP contribution >= 0.6 is 24.0 Å².